The molecular formula is C31H41F3N4O4. The number of benzene rings is 2. The molecule has 0 saturated carbocycles. The maximum atomic E-state index is 13.7. The van der Waals surface area contributed by atoms with E-state index < -0.39 is 11.7 Å². The van der Waals surface area contributed by atoms with Crippen molar-refractivity contribution in [2.45, 2.75) is 44.4 Å². The molecule has 2 heterocycles. The second kappa shape index (κ2) is 14.8. The molecule has 2 amide bonds. The molecule has 2 aromatic carbocycles. The number of methoxy groups -OCH3 is 1. The van der Waals surface area contributed by atoms with E-state index in [-0.39, 0.29) is 31.4 Å². The Morgan fingerprint density at radius 3 is 2.50 bits per heavy atom. The lowest BCUT2D eigenvalue weighted by Gasteiger charge is -2.36. The van der Waals surface area contributed by atoms with Crippen LogP contribution in [0.25, 0.3) is 0 Å². The zero-order valence-corrected chi connectivity index (χ0v) is 24.4. The number of ether oxygens (including phenoxy) is 2. The minimum absolute atomic E-state index is 0.0392. The summed E-state index contributed by atoms with van der Waals surface area (Å²) < 4.78 is 50.5. The smallest absolute Gasteiger partial charge is 0.381 e. The summed E-state index contributed by atoms with van der Waals surface area (Å²) in [4.78, 5) is 34.5. The van der Waals surface area contributed by atoms with Crippen molar-refractivity contribution in [1.82, 2.24) is 9.80 Å². The largest absolute Gasteiger partial charge is 0.416 e. The summed E-state index contributed by atoms with van der Waals surface area (Å²) in [5, 5.41) is 0. The topological polar surface area (TPSA) is 65.6 Å². The van der Waals surface area contributed by atoms with Crippen LogP contribution in [-0.2, 0) is 31.8 Å². The zero-order valence-electron chi connectivity index (χ0n) is 24.4. The molecule has 0 bridgehead atoms. The van der Waals surface area contributed by atoms with Gasteiger partial charge in [0.2, 0.25) is 5.91 Å². The summed E-state index contributed by atoms with van der Waals surface area (Å²) >= 11 is 0. The first-order valence-corrected chi connectivity index (χ1v) is 14.5. The standard InChI is InChI=1S/C31H41F3N4O4/c1-35(27-9-5-8-25(21-27)31(32,33)34)16-11-29(39)37-18-17-36(26-12-19-42-20-13-26)14-6-15-38(30(40)23-41-2)28-10-4-3-7-24(28)22-37/h3-5,7-10,21,26H,6,11-20,22-23H2,1-2H3. The first-order valence-electron chi connectivity index (χ1n) is 14.5. The van der Waals surface area contributed by atoms with Crippen molar-refractivity contribution in [3.63, 3.8) is 0 Å². The lowest BCUT2D eigenvalue weighted by Crippen LogP contribution is -2.45. The van der Waals surface area contributed by atoms with E-state index in [1.807, 2.05) is 29.2 Å². The summed E-state index contributed by atoms with van der Waals surface area (Å²) in [6, 6.07) is 13.1. The van der Waals surface area contributed by atoms with Crippen molar-refractivity contribution in [2.75, 3.05) is 76.5 Å². The molecule has 0 aliphatic carbocycles. The number of fused-ring (bicyclic) bond motifs is 1. The van der Waals surface area contributed by atoms with Crippen LogP contribution in [0.4, 0.5) is 24.5 Å². The van der Waals surface area contributed by atoms with Gasteiger partial charge in [0.25, 0.3) is 5.91 Å². The number of alkyl halides is 3. The van der Waals surface area contributed by atoms with Crippen LogP contribution < -0.4 is 9.80 Å². The SMILES string of the molecule is COCC(=O)N1CCCN(C2CCOCC2)CCN(C(=O)CCN(C)c2cccc(C(F)(F)F)c2)Cc2ccccc21. The number of rotatable bonds is 7. The highest BCUT2D eigenvalue weighted by atomic mass is 19.4. The van der Waals surface area contributed by atoms with Gasteiger partial charge in [-0.25, -0.2) is 0 Å². The van der Waals surface area contributed by atoms with Gasteiger partial charge in [0.15, 0.2) is 0 Å². The summed E-state index contributed by atoms with van der Waals surface area (Å²) in [6.45, 7) is 4.46. The van der Waals surface area contributed by atoms with Crippen molar-refractivity contribution < 1.29 is 32.2 Å². The summed E-state index contributed by atoms with van der Waals surface area (Å²) in [7, 11) is 3.19. The van der Waals surface area contributed by atoms with Crippen LogP contribution in [0.1, 0.15) is 36.8 Å². The third-order valence-electron chi connectivity index (χ3n) is 8.03. The van der Waals surface area contributed by atoms with Gasteiger partial charge in [0.1, 0.15) is 6.61 Å². The first-order chi connectivity index (χ1) is 20.2. The molecular weight excluding hydrogens is 549 g/mol. The molecule has 4 rings (SSSR count). The Morgan fingerprint density at radius 2 is 1.76 bits per heavy atom. The van der Waals surface area contributed by atoms with Crippen LogP contribution in [0, 0.1) is 0 Å². The van der Waals surface area contributed by atoms with Gasteiger partial charge in [-0.3, -0.25) is 14.5 Å². The Labute approximate surface area is 245 Å². The predicted molar refractivity (Wildman–Crippen MR) is 155 cm³/mol. The number of halogens is 3. The quantitative estimate of drug-likeness (QED) is 0.476. The number of nitrogens with zero attached hydrogens (tertiary/aromatic N) is 4. The van der Waals surface area contributed by atoms with Gasteiger partial charge in [-0.15, -0.1) is 0 Å². The number of hydrogen-bond acceptors (Lipinski definition) is 6. The lowest BCUT2D eigenvalue weighted by atomic mass is 10.1. The van der Waals surface area contributed by atoms with Crippen LogP contribution in [-0.4, -0.2) is 94.4 Å². The zero-order chi connectivity index (χ0) is 30.1. The van der Waals surface area contributed by atoms with E-state index in [2.05, 4.69) is 4.90 Å². The van der Waals surface area contributed by atoms with Gasteiger partial charge in [-0.2, -0.15) is 13.2 Å². The minimum Gasteiger partial charge on any atom is -0.381 e. The molecule has 0 aromatic heterocycles. The fraction of sp³-hybridized carbons (Fsp3) is 0.548. The number of amides is 2. The third-order valence-corrected chi connectivity index (χ3v) is 8.03. The lowest BCUT2D eigenvalue weighted by molar-refractivity contribution is -0.137. The third kappa shape index (κ3) is 8.45. The molecule has 0 radical (unpaired) electrons. The summed E-state index contributed by atoms with van der Waals surface area (Å²) in [5.74, 6) is -0.230. The Balaban J connectivity index is 1.55. The Bertz CT molecular complexity index is 1190. The number of hydrogen-bond donors (Lipinski definition) is 0. The molecule has 2 aliphatic rings. The number of para-hydroxylation sites is 1. The molecule has 1 fully saturated rings. The fourth-order valence-electron chi connectivity index (χ4n) is 5.66. The average Bonchev–Trinajstić information content (AvgIpc) is 3.02. The molecule has 11 heteroatoms. The Morgan fingerprint density at radius 1 is 1.00 bits per heavy atom. The normalized spacial score (nSPS) is 17.8. The maximum Gasteiger partial charge on any atom is 0.416 e. The molecule has 2 aromatic rings. The van der Waals surface area contributed by atoms with E-state index in [0.717, 1.165) is 49.2 Å². The molecule has 0 spiro atoms. The van der Waals surface area contributed by atoms with E-state index in [9.17, 15) is 22.8 Å². The minimum atomic E-state index is -4.44. The van der Waals surface area contributed by atoms with Gasteiger partial charge in [-0.05, 0) is 49.1 Å². The van der Waals surface area contributed by atoms with Crippen molar-refractivity contribution >= 4 is 23.2 Å². The van der Waals surface area contributed by atoms with Gasteiger partial charge >= 0.3 is 6.18 Å². The number of anilines is 2. The van der Waals surface area contributed by atoms with Crippen molar-refractivity contribution in [3.05, 3.63) is 59.7 Å². The fourth-order valence-corrected chi connectivity index (χ4v) is 5.66. The molecule has 0 unspecified atom stereocenters. The highest BCUT2D eigenvalue weighted by Crippen LogP contribution is 2.31. The molecule has 42 heavy (non-hydrogen) atoms. The van der Waals surface area contributed by atoms with Gasteiger partial charge in [0, 0.05) is 90.5 Å². The van der Waals surface area contributed by atoms with Crippen molar-refractivity contribution in [3.8, 4) is 0 Å². The Kier molecular flexibility index (Phi) is 11.2. The van der Waals surface area contributed by atoms with Crippen molar-refractivity contribution in [1.29, 1.82) is 0 Å². The van der Waals surface area contributed by atoms with E-state index in [1.54, 1.807) is 22.9 Å². The van der Waals surface area contributed by atoms with E-state index in [4.69, 9.17) is 9.47 Å². The Hall–Kier alpha value is -3.15. The monoisotopic (exact) mass is 590 g/mol. The van der Waals surface area contributed by atoms with Crippen molar-refractivity contribution in [2.24, 2.45) is 0 Å². The second-order valence-electron chi connectivity index (χ2n) is 10.9. The van der Waals surface area contributed by atoms with Gasteiger partial charge < -0.3 is 24.2 Å². The molecule has 1 saturated heterocycles. The second-order valence-corrected chi connectivity index (χ2v) is 10.9. The van der Waals surface area contributed by atoms with E-state index in [1.165, 1.54) is 13.2 Å². The highest BCUT2D eigenvalue weighted by molar-refractivity contribution is 5.95. The average molecular weight is 591 g/mol. The number of carbonyl (C=O) groups is 2. The van der Waals surface area contributed by atoms with Crippen LogP contribution in [0.2, 0.25) is 0 Å². The van der Waals surface area contributed by atoms with Crippen LogP contribution >= 0.6 is 0 Å². The molecule has 0 N–H and O–H groups in total. The van der Waals surface area contributed by atoms with Gasteiger partial charge in [0.05, 0.1) is 5.56 Å². The maximum absolute atomic E-state index is 13.7. The highest BCUT2D eigenvalue weighted by Gasteiger charge is 2.31. The summed E-state index contributed by atoms with van der Waals surface area (Å²) in [5.41, 5.74) is 1.31. The van der Waals surface area contributed by atoms with E-state index >= 15 is 0 Å². The van der Waals surface area contributed by atoms with Crippen LogP contribution in [0.15, 0.2) is 48.5 Å². The molecule has 8 nitrogen and oxygen atoms in total. The first kappa shape index (κ1) is 31.8. The van der Waals surface area contributed by atoms with Gasteiger partial charge in [-0.1, -0.05) is 24.3 Å². The molecule has 2 aliphatic heterocycles. The molecule has 230 valence electrons. The van der Waals surface area contributed by atoms with E-state index in [0.29, 0.717) is 51.1 Å². The summed E-state index contributed by atoms with van der Waals surface area (Å²) in [6.07, 6.45) is -1.69. The van der Waals surface area contributed by atoms with Crippen LogP contribution in [0.5, 0.6) is 0 Å². The predicted octanol–water partition coefficient (Wildman–Crippen LogP) is 4.42. The number of carbonyl (C=O) groups excluding carboxylic acids is 2. The van der Waals surface area contributed by atoms with Crippen LogP contribution in [0.3, 0.4) is 0 Å². The molecule has 0 atom stereocenters.